The van der Waals surface area contributed by atoms with Crippen molar-refractivity contribution in [1.82, 2.24) is 26.6 Å². The van der Waals surface area contributed by atoms with Crippen LogP contribution in [0.3, 0.4) is 0 Å². The van der Waals surface area contributed by atoms with Crippen LogP contribution >= 0.6 is 11.6 Å². The second-order valence-electron chi connectivity index (χ2n) is 23.0. The number of carbonyl (C=O) groups excluding carboxylic acids is 4. The molecule has 2 aliphatic rings. The van der Waals surface area contributed by atoms with Gasteiger partial charge in [0.15, 0.2) is 0 Å². The van der Waals surface area contributed by atoms with Crippen molar-refractivity contribution in [1.29, 1.82) is 0 Å². The van der Waals surface area contributed by atoms with Crippen LogP contribution in [0.1, 0.15) is 140 Å². The van der Waals surface area contributed by atoms with E-state index in [4.69, 9.17) is 10.5 Å². The minimum Gasteiger partial charge on any atom is -0.457 e. The second-order valence-corrected chi connectivity index (χ2v) is 23.3. The lowest BCUT2D eigenvalue weighted by molar-refractivity contribution is -0.121. The first-order chi connectivity index (χ1) is 37.0. The van der Waals surface area contributed by atoms with E-state index in [0.29, 0.717) is 36.8 Å². The number of methoxy groups -OCH3 is 2. The van der Waals surface area contributed by atoms with E-state index in [9.17, 15) is 47.0 Å². The van der Waals surface area contributed by atoms with Crippen molar-refractivity contribution in [2.24, 2.45) is 5.73 Å². The number of carbonyl (C=O) groups is 4. The van der Waals surface area contributed by atoms with Gasteiger partial charge in [-0.2, -0.15) is 0 Å². The summed E-state index contributed by atoms with van der Waals surface area (Å²) in [5.41, 5.74) is 9.91. The maximum absolute atomic E-state index is 13.8. The molecule has 0 radical (unpaired) electrons. The molecule has 436 valence electrons. The molecule has 0 bridgehead atoms. The third-order valence-corrected chi connectivity index (χ3v) is 14.9. The van der Waals surface area contributed by atoms with Crippen LogP contribution in [-0.2, 0) is 53.8 Å². The Labute approximate surface area is 468 Å². The van der Waals surface area contributed by atoms with Crippen molar-refractivity contribution < 1.29 is 56.4 Å². The summed E-state index contributed by atoms with van der Waals surface area (Å²) in [4.78, 5) is 44.9. The normalized spacial score (nSPS) is 20.8. The molecule has 9 N–H and O–H groups in total. The summed E-state index contributed by atoms with van der Waals surface area (Å²) in [6.45, 7) is 16.0. The minimum atomic E-state index is -1.03. The maximum Gasteiger partial charge on any atom is 0.407 e. The topological polar surface area (TPSA) is 213 Å². The standard InChI is InChI=1S/C30H41F2N3O4.C28H39F2N3O2.C2H3ClO2/c1-19(36)34-26(15-20-13-23(31)17-24(32)14-20)27(37)18-33-30(11-9-25(10-12-30)35-28(38)39-5)22-8-6-7-21(16-22)29(2,3)4;1-18(34)33-25(14-19-12-22(29)16-23(30)13-19)26(35)17-32-28(10-8-24(31)9-11-28)21-7-5-6-20(15-21)27(2,3)4;1-5-2(3)4/h6-8,13-14,16-17,25-27,33,37H,9-12,15,18H2,1-5H3,(H,34,36)(H,35,38);5-7,12-13,15-16,24-26,32,35H,8-11,14,17,31H2,1-4H3,(H,33,34);1H3/t25?,26-,27+,30?;24?,25-,26+,28?;/m00./s1. The zero-order chi connectivity index (χ0) is 58.9. The molecule has 4 atom stereocenters. The molecule has 2 saturated carbocycles. The van der Waals surface area contributed by atoms with Gasteiger partial charge in [-0.05, 0) is 133 Å². The van der Waals surface area contributed by atoms with E-state index in [1.54, 1.807) is 0 Å². The molecule has 4 aromatic carbocycles. The monoisotopic (exact) mass is 1130 g/mol. The quantitative estimate of drug-likeness (QED) is 0.0368. The lowest BCUT2D eigenvalue weighted by Gasteiger charge is -2.43. The molecule has 79 heavy (non-hydrogen) atoms. The molecule has 0 unspecified atom stereocenters. The van der Waals surface area contributed by atoms with Crippen LogP contribution in [0, 0.1) is 23.3 Å². The minimum absolute atomic E-state index is 0.00147. The van der Waals surface area contributed by atoms with E-state index in [0.717, 1.165) is 48.9 Å². The van der Waals surface area contributed by atoms with E-state index < -0.39 is 64.6 Å². The van der Waals surface area contributed by atoms with Crippen molar-refractivity contribution in [3.05, 3.63) is 142 Å². The number of aliphatic hydroxyl groups excluding tert-OH is 2. The molecular formula is C60H83ClF4N6O8. The van der Waals surface area contributed by atoms with Crippen LogP contribution < -0.4 is 32.3 Å². The predicted octanol–water partition coefficient (Wildman–Crippen LogP) is 9.50. The first-order valence-electron chi connectivity index (χ1n) is 26.8. The number of alkyl carbamates (subject to hydrolysis) is 1. The Hall–Kier alpha value is -5.63. The number of halogens is 5. The van der Waals surface area contributed by atoms with E-state index in [2.05, 4.69) is 127 Å². The van der Waals surface area contributed by atoms with Gasteiger partial charge in [0.05, 0.1) is 38.5 Å². The van der Waals surface area contributed by atoms with Crippen LogP contribution in [0.5, 0.6) is 0 Å². The molecule has 19 heteroatoms. The third kappa shape index (κ3) is 21.1. The van der Waals surface area contributed by atoms with Gasteiger partial charge in [-0.3, -0.25) is 9.59 Å². The van der Waals surface area contributed by atoms with Gasteiger partial charge >= 0.3 is 11.5 Å². The van der Waals surface area contributed by atoms with E-state index >= 15 is 0 Å². The van der Waals surface area contributed by atoms with E-state index in [-0.39, 0.29) is 66.2 Å². The highest BCUT2D eigenvalue weighted by atomic mass is 35.5. The summed E-state index contributed by atoms with van der Waals surface area (Å²) in [6.07, 6.45) is 3.89. The van der Waals surface area contributed by atoms with Crippen molar-refractivity contribution in [2.45, 2.75) is 178 Å². The fraction of sp³-hybridized carbons (Fsp3) is 0.533. The number of aliphatic hydroxyl groups is 2. The molecular weight excluding hydrogens is 1040 g/mol. The van der Waals surface area contributed by atoms with Gasteiger partial charge in [-0.25, -0.2) is 27.2 Å². The molecule has 6 rings (SSSR count). The van der Waals surface area contributed by atoms with Crippen molar-refractivity contribution >= 4 is 34.9 Å². The molecule has 14 nitrogen and oxygen atoms in total. The maximum atomic E-state index is 13.8. The number of ether oxygens (including phenoxy) is 2. The molecule has 2 fully saturated rings. The Morgan fingerprint density at radius 3 is 1.29 bits per heavy atom. The lowest BCUT2D eigenvalue weighted by Crippen LogP contribution is -2.54. The second kappa shape index (κ2) is 29.7. The number of nitrogens with two attached hydrogens (primary N) is 1. The van der Waals surface area contributed by atoms with E-state index in [1.807, 2.05) is 6.07 Å². The van der Waals surface area contributed by atoms with Crippen LogP contribution in [0.15, 0.2) is 84.9 Å². The third-order valence-electron chi connectivity index (χ3n) is 14.7. The van der Waals surface area contributed by atoms with Crippen LogP contribution in [0.4, 0.5) is 27.2 Å². The number of hydrogen-bond acceptors (Lipinski definition) is 11. The first kappa shape index (κ1) is 65.9. The first-order valence-corrected chi connectivity index (χ1v) is 27.2. The number of hydrogen-bond donors (Lipinski definition) is 8. The smallest absolute Gasteiger partial charge is 0.407 e. The largest absolute Gasteiger partial charge is 0.457 e. The van der Waals surface area contributed by atoms with Crippen LogP contribution in [0.2, 0.25) is 0 Å². The van der Waals surface area contributed by atoms with E-state index in [1.165, 1.54) is 63.5 Å². The molecule has 0 aliphatic heterocycles. The van der Waals surface area contributed by atoms with Crippen molar-refractivity contribution in [2.75, 3.05) is 27.3 Å². The SMILES string of the molecule is CC(=O)N[C@@H](Cc1cc(F)cc(F)c1)[C@H](O)CNC1(c2cccc(C(C)(C)C)c2)CCC(N)CC1.COC(=O)Cl.COC(=O)NC1CCC(NC[C@@H](O)[C@H](Cc2cc(F)cc(F)c2)NC(C)=O)(c2cccc(C(C)(C)C)c2)CC1. The molecule has 2 aliphatic carbocycles. The van der Waals surface area contributed by atoms with Gasteiger partial charge < -0.3 is 52.0 Å². The average molecular weight is 1130 g/mol. The number of benzene rings is 4. The van der Waals surface area contributed by atoms with Gasteiger partial charge in [0.25, 0.3) is 0 Å². The summed E-state index contributed by atoms with van der Waals surface area (Å²) in [5.74, 6) is -3.47. The highest BCUT2D eigenvalue weighted by molar-refractivity contribution is 6.61. The fourth-order valence-electron chi connectivity index (χ4n) is 10.3. The molecule has 0 aromatic heterocycles. The summed E-state index contributed by atoms with van der Waals surface area (Å²) in [6, 6.07) is 22.0. The zero-order valence-electron chi connectivity index (χ0n) is 47.3. The summed E-state index contributed by atoms with van der Waals surface area (Å²) in [5, 5.41) is 37.9. The molecule has 3 amide bonds. The summed E-state index contributed by atoms with van der Waals surface area (Å²) < 4.78 is 63.6. The zero-order valence-corrected chi connectivity index (χ0v) is 48.1. The van der Waals surface area contributed by atoms with Crippen molar-refractivity contribution in [3.63, 3.8) is 0 Å². The predicted molar refractivity (Wildman–Crippen MR) is 299 cm³/mol. The molecule has 0 heterocycles. The van der Waals surface area contributed by atoms with Gasteiger partial charge in [-0.15, -0.1) is 0 Å². The summed E-state index contributed by atoms with van der Waals surface area (Å²) >= 11 is 4.60. The van der Waals surface area contributed by atoms with Crippen LogP contribution in [0.25, 0.3) is 0 Å². The number of amides is 3. The van der Waals surface area contributed by atoms with Gasteiger partial charge in [0, 0.05) is 73.8 Å². The number of nitrogens with one attached hydrogen (secondary N) is 5. The van der Waals surface area contributed by atoms with Gasteiger partial charge in [-0.1, -0.05) is 90.1 Å². The number of rotatable bonds is 17. The fourth-order valence-corrected chi connectivity index (χ4v) is 10.3. The van der Waals surface area contributed by atoms with Crippen molar-refractivity contribution in [3.8, 4) is 0 Å². The average Bonchev–Trinajstić information content (AvgIpc) is 3.41. The van der Waals surface area contributed by atoms with Crippen LogP contribution in [-0.4, -0.2) is 97.2 Å². The molecule has 0 spiro atoms. The molecule has 0 saturated heterocycles. The summed E-state index contributed by atoms with van der Waals surface area (Å²) in [7, 11) is 2.56. The Morgan fingerprint density at radius 2 is 0.975 bits per heavy atom. The Bertz CT molecular complexity index is 2590. The molecule has 4 aromatic rings. The van der Waals surface area contributed by atoms with Gasteiger partial charge in [0.2, 0.25) is 11.8 Å². The Morgan fingerprint density at radius 1 is 0.620 bits per heavy atom. The highest BCUT2D eigenvalue weighted by Gasteiger charge is 2.40. The highest BCUT2D eigenvalue weighted by Crippen LogP contribution is 2.40. The lowest BCUT2D eigenvalue weighted by atomic mass is 9.73. The Kier molecular flexibility index (Phi) is 24.8. The van der Waals surface area contributed by atoms with Gasteiger partial charge in [0.1, 0.15) is 23.3 Å². The Balaban J connectivity index is 0.000000315.